The van der Waals surface area contributed by atoms with Crippen LogP contribution in [-0.4, -0.2) is 11.0 Å². The molecular weight excluding hydrogens is 336 g/mol. The number of thiocarbonyl (C=S) groups is 1. The Morgan fingerprint density at radius 1 is 1.05 bits per heavy atom. The highest BCUT2D eigenvalue weighted by Gasteiger charge is 2.07. The molecule has 0 aliphatic rings. The van der Waals surface area contributed by atoms with E-state index in [1.54, 1.807) is 0 Å². The number of carbonyl (C=O) groups excluding carboxylic acids is 1. The van der Waals surface area contributed by atoms with Crippen molar-refractivity contribution in [1.29, 1.82) is 0 Å². The summed E-state index contributed by atoms with van der Waals surface area (Å²) in [7, 11) is 0. The first-order valence-electron chi connectivity index (χ1n) is 6.04. The van der Waals surface area contributed by atoms with E-state index >= 15 is 0 Å². The van der Waals surface area contributed by atoms with E-state index in [1.165, 1.54) is 0 Å². The molecule has 0 aliphatic carbocycles. The molecule has 0 heterocycles. The normalized spacial score (nSPS) is 9.85. The molecule has 0 atom stereocenters. The fourth-order valence-corrected chi connectivity index (χ4v) is 2.28. The quantitative estimate of drug-likeness (QED) is 0.834. The smallest absolute Gasteiger partial charge is 0.230 e. The van der Waals surface area contributed by atoms with Crippen LogP contribution in [0.5, 0.6) is 0 Å². The van der Waals surface area contributed by atoms with Crippen molar-refractivity contribution in [2.75, 3.05) is 5.32 Å². The van der Waals surface area contributed by atoms with Crippen LogP contribution < -0.4 is 10.6 Å². The number of benzene rings is 2. The summed E-state index contributed by atoms with van der Waals surface area (Å²) < 4.78 is 0.889. The molecule has 2 N–H and O–H groups in total. The minimum Gasteiger partial charge on any atom is -0.331 e. The predicted octanol–water partition coefficient (Wildman–Crippen LogP) is 3.50. The highest BCUT2D eigenvalue weighted by Crippen LogP contribution is 2.20. The van der Waals surface area contributed by atoms with Gasteiger partial charge in [0, 0.05) is 4.47 Å². The van der Waals surface area contributed by atoms with Gasteiger partial charge in [0.2, 0.25) is 5.91 Å². The Kier molecular flexibility index (Phi) is 5.26. The molecule has 0 saturated carbocycles. The van der Waals surface area contributed by atoms with Crippen molar-refractivity contribution in [3.8, 4) is 0 Å². The SMILES string of the molecule is O=C(Cc1ccccc1)NC(=S)Nc1ccccc1Br. The summed E-state index contributed by atoms with van der Waals surface area (Å²) in [6, 6.07) is 17.1. The lowest BCUT2D eigenvalue weighted by atomic mass is 10.1. The summed E-state index contributed by atoms with van der Waals surface area (Å²) in [4.78, 5) is 11.8. The summed E-state index contributed by atoms with van der Waals surface area (Å²) >= 11 is 8.53. The Morgan fingerprint density at radius 3 is 2.40 bits per heavy atom. The second-order valence-electron chi connectivity index (χ2n) is 4.14. The zero-order valence-corrected chi connectivity index (χ0v) is 13.0. The monoisotopic (exact) mass is 348 g/mol. The Morgan fingerprint density at radius 2 is 1.70 bits per heavy atom. The van der Waals surface area contributed by atoms with Crippen molar-refractivity contribution in [3.63, 3.8) is 0 Å². The third kappa shape index (κ3) is 4.43. The molecule has 20 heavy (non-hydrogen) atoms. The summed E-state index contributed by atoms with van der Waals surface area (Å²) in [6.07, 6.45) is 0.304. The molecule has 2 rings (SSSR count). The standard InChI is InChI=1S/C15H13BrN2OS/c16-12-8-4-5-9-13(12)17-15(20)18-14(19)10-11-6-2-1-3-7-11/h1-9H,10H2,(H2,17,18,19,20). The first kappa shape index (κ1) is 14.7. The third-order valence-corrected chi connectivity index (χ3v) is 3.48. The molecular formula is C15H13BrN2OS. The van der Waals surface area contributed by atoms with Gasteiger partial charge in [0.15, 0.2) is 5.11 Å². The highest BCUT2D eigenvalue weighted by atomic mass is 79.9. The summed E-state index contributed by atoms with van der Waals surface area (Å²) in [5.41, 5.74) is 1.77. The van der Waals surface area contributed by atoms with Crippen LogP contribution in [0.15, 0.2) is 59.1 Å². The van der Waals surface area contributed by atoms with E-state index in [1.807, 2.05) is 54.6 Å². The molecule has 1 amide bonds. The van der Waals surface area contributed by atoms with Gasteiger partial charge in [-0.2, -0.15) is 0 Å². The van der Waals surface area contributed by atoms with Crippen LogP contribution in [0.1, 0.15) is 5.56 Å². The second kappa shape index (κ2) is 7.17. The van der Waals surface area contributed by atoms with E-state index in [-0.39, 0.29) is 11.0 Å². The summed E-state index contributed by atoms with van der Waals surface area (Å²) in [6.45, 7) is 0. The first-order chi connectivity index (χ1) is 9.65. The van der Waals surface area contributed by atoms with Crippen LogP contribution in [-0.2, 0) is 11.2 Å². The van der Waals surface area contributed by atoms with E-state index in [2.05, 4.69) is 26.6 Å². The van der Waals surface area contributed by atoms with E-state index in [0.717, 1.165) is 15.7 Å². The lowest BCUT2D eigenvalue weighted by molar-refractivity contribution is -0.119. The van der Waals surface area contributed by atoms with Crippen LogP contribution in [0.2, 0.25) is 0 Å². The number of hydrogen-bond donors (Lipinski definition) is 2. The van der Waals surface area contributed by atoms with Crippen LogP contribution in [0, 0.1) is 0 Å². The molecule has 102 valence electrons. The third-order valence-electron chi connectivity index (χ3n) is 2.58. The zero-order valence-electron chi connectivity index (χ0n) is 10.6. The molecule has 2 aromatic carbocycles. The average Bonchev–Trinajstić information content (AvgIpc) is 2.42. The molecule has 0 radical (unpaired) electrons. The lowest BCUT2D eigenvalue weighted by Crippen LogP contribution is -2.35. The number of amides is 1. The van der Waals surface area contributed by atoms with Crippen molar-refractivity contribution < 1.29 is 4.79 Å². The van der Waals surface area contributed by atoms with E-state index in [4.69, 9.17) is 12.2 Å². The number of para-hydroxylation sites is 1. The Balaban J connectivity index is 1.89. The van der Waals surface area contributed by atoms with Gasteiger partial charge in [-0.25, -0.2) is 0 Å². The van der Waals surface area contributed by atoms with Crippen molar-refractivity contribution in [2.24, 2.45) is 0 Å². The van der Waals surface area contributed by atoms with Gasteiger partial charge < -0.3 is 10.6 Å². The van der Waals surface area contributed by atoms with Crippen molar-refractivity contribution in [1.82, 2.24) is 5.32 Å². The Hall–Kier alpha value is -1.72. The van der Waals surface area contributed by atoms with Gasteiger partial charge in [-0.05, 0) is 45.8 Å². The largest absolute Gasteiger partial charge is 0.331 e. The minimum atomic E-state index is -0.138. The molecule has 3 nitrogen and oxygen atoms in total. The van der Waals surface area contributed by atoms with Crippen molar-refractivity contribution in [3.05, 3.63) is 64.6 Å². The minimum absolute atomic E-state index is 0.138. The number of hydrogen-bond acceptors (Lipinski definition) is 2. The summed E-state index contributed by atoms with van der Waals surface area (Å²) in [5, 5.41) is 5.93. The highest BCUT2D eigenvalue weighted by molar-refractivity contribution is 9.10. The molecule has 0 fully saturated rings. The number of nitrogens with one attached hydrogen (secondary N) is 2. The van der Waals surface area contributed by atoms with Crippen LogP contribution >= 0.6 is 28.1 Å². The Bertz CT molecular complexity index is 616. The summed E-state index contributed by atoms with van der Waals surface area (Å²) in [5.74, 6) is -0.138. The number of halogens is 1. The number of carbonyl (C=O) groups is 1. The van der Waals surface area contributed by atoms with E-state index in [9.17, 15) is 4.79 Å². The van der Waals surface area contributed by atoms with Gasteiger partial charge in [0.25, 0.3) is 0 Å². The predicted molar refractivity (Wildman–Crippen MR) is 88.7 cm³/mol. The fraction of sp³-hybridized carbons (Fsp3) is 0.0667. The molecule has 0 aromatic heterocycles. The fourth-order valence-electron chi connectivity index (χ4n) is 1.67. The van der Waals surface area contributed by atoms with Gasteiger partial charge in [0.1, 0.15) is 0 Å². The molecule has 0 spiro atoms. The average molecular weight is 349 g/mol. The topological polar surface area (TPSA) is 41.1 Å². The van der Waals surface area contributed by atoms with Gasteiger partial charge in [-0.1, -0.05) is 42.5 Å². The van der Waals surface area contributed by atoms with E-state index < -0.39 is 0 Å². The van der Waals surface area contributed by atoms with Crippen molar-refractivity contribution >= 4 is 44.9 Å². The zero-order chi connectivity index (χ0) is 14.4. The van der Waals surface area contributed by atoms with Crippen molar-refractivity contribution in [2.45, 2.75) is 6.42 Å². The molecule has 5 heteroatoms. The molecule has 0 bridgehead atoms. The van der Waals surface area contributed by atoms with Crippen LogP contribution in [0.3, 0.4) is 0 Å². The first-order valence-corrected chi connectivity index (χ1v) is 7.24. The molecule has 0 saturated heterocycles. The van der Waals surface area contributed by atoms with Gasteiger partial charge in [-0.3, -0.25) is 4.79 Å². The maximum atomic E-state index is 11.8. The second-order valence-corrected chi connectivity index (χ2v) is 5.41. The van der Waals surface area contributed by atoms with Crippen LogP contribution in [0.25, 0.3) is 0 Å². The maximum absolute atomic E-state index is 11.8. The molecule has 2 aromatic rings. The van der Waals surface area contributed by atoms with Gasteiger partial charge in [-0.15, -0.1) is 0 Å². The van der Waals surface area contributed by atoms with Gasteiger partial charge >= 0.3 is 0 Å². The van der Waals surface area contributed by atoms with Gasteiger partial charge in [0.05, 0.1) is 12.1 Å². The molecule has 0 unspecified atom stereocenters. The molecule has 0 aliphatic heterocycles. The van der Waals surface area contributed by atoms with E-state index in [0.29, 0.717) is 6.42 Å². The number of anilines is 1. The van der Waals surface area contributed by atoms with Crippen LogP contribution in [0.4, 0.5) is 5.69 Å². The number of rotatable bonds is 3. The maximum Gasteiger partial charge on any atom is 0.230 e. The lowest BCUT2D eigenvalue weighted by Gasteiger charge is -2.10. The Labute approximate surface area is 131 Å².